The van der Waals surface area contributed by atoms with Gasteiger partial charge in [-0.25, -0.2) is 0 Å². The minimum atomic E-state index is 0.385. The molecule has 0 unspecified atom stereocenters. The van der Waals surface area contributed by atoms with Crippen molar-refractivity contribution >= 4 is 21.4 Å². The zero-order chi connectivity index (χ0) is 7.84. The standard InChI is InChI=1S/C9H8OS/c1-6-4-9-7(2-3-11-9)5-8(6)10/h2-5,10H,1H3. The molecule has 0 amide bonds. The SMILES string of the molecule is Cc1cc2sccc2cc1O. The number of hydrogen-bond acceptors (Lipinski definition) is 2. The first-order valence-electron chi connectivity index (χ1n) is 3.44. The van der Waals surface area contributed by atoms with Gasteiger partial charge in [0.25, 0.3) is 0 Å². The highest BCUT2D eigenvalue weighted by molar-refractivity contribution is 7.17. The fourth-order valence-electron chi connectivity index (χ4n) is 1.10. The van der Waals surface area contributed by atoms with Gasteiger partial charge in [-0.1, -0.05) is 0 Å². The van der Waals surface area contributed by atoms with Crippen molar-refractivity contribution in [3.8, 4) is 5.75 Å². The molecule has 0 aliphatic rings. The lowest BCUT2D eigenvalue weighted by Crippen LogP contribution is -1.71. The molecule has 0 atom stereocenters. The van der Waals surface area contributed by atoms with E-state index in [4.69, 9.17) is 0 Å². The second-order valence-corrected chi connectivity index (χ2v) is 3.54. The highest BCUT2D eigenvalue weighted by atomic mass is 32.1. The largest absolute Gasteiger partial charge is 0.508 e. The lowest BCUT2D eigenvalue weighted by atomic mass is 10.2. The summed E-state index contributed by atoms with van der Waals surface area (Å²) in [5.74, 6) is 0.385. The van der Waals surface area contributed by atoms with Gasteiger partial charge < -0.3 is 5.11 Å². The third-order valence-electron chi connectivity index (χ3n) is 1.77. The molecule has 0 fully saturated rings. The summed E-state index contributed by atoms with van der Waals surface area (Å²) in [4.78, 5) is 0. The van der Waals surface area contributed by atoms with Crippen molar-refractivity contribution in [3.63, 3.8) is 0 Å². The predicted molar refractivity (Wildman–Crippen MR) is 48.2 cm³/mol. The van der Waals surface area contributed by atoms with Crippen LogP contribution in [-0.2, 0) is 0 Å². The summed E-state index contributed by atoms with van der Waals surface area (Å²) >= 11 is 1.70. The van der Waals surface area contributed by atoms with Crippen molar-refractivity contribution in [1.82, 2.24) is 0 Å². The molecule has 1 aromatic carbocycles. The highest BCUT2D eigenvalue weighted by Gasteiger charge is 1.99. The maximum absolute atomic E-state index is 9.34. The Morgan fingerprint density at radius 3 is 3.00 bits per heavy atom. The normalized spacial score (nSPS) is 10.6. The van der Waals surface area contributed by atoms with Crippen molar-refractivity contribution < 1.29 is 5.11 Å². The molecule has 0 bridgehead atoms. The molecule has 11 heavy (non-hydrogen) atoms. The molecule has 0 saturated heterocycles. The maximum atomic E-state index is 9.34. The summed E-state index contributed by atoms with van der Waals surface area (Å²) in [6, 6.07) is 5.83. The van der Waals surface area contributed by atoms with E-state index >= 15 is 0 Å². The quantitative estimate of drug-likeness (QED) is 0.634. The van der Waals surface area contributed by atoms with Gasteiger partial charge in [-0.3, -0.25) is 0 Å². The summed E-state index contributed by atoms with van der Waals surface area (Å²) in [6.45, 7) is 1.91. The van der Waals surface area contributed by atoms with Crippen LogP contribution < -0.4 is 0 Å². The Bertz CT molecular complexity index is 353. The molecule has 1 N–H and O–H groups in total. The average molecular weight is 164 g/mol. The number of fused-ring (bicyclic) bond motifs is 1. The van der Waals surface area contributed by atoms with Gasteiger partial charge in [0.05, 0.1) is 0 Å². The van der Waals surface area contributed by atoms with Gasteiger partial charge in [0, 0.05) is 4.70 Å². The van der Waals surface area contributed by atoms with Crippen LogP contribution in [0.4, 0.5) is 0 Å². The Balaban J connectivity index is 2.86. The number of rotatable bonds is 0. The third-order valence-corrected chi connectivity index (χ3v) is 2.65. The van der Waals surface area contributed by atoms with Crippen LogP contribution >= 0.6 is 11.3 Å². The summed E-state index contributed by atoms with van der Waals surface area (Å²) in [5.41, 5.74) is 0.944. The van der Waals surface area contributed by atoms with Gasteiger partial charge in [-0.05, 0) is 41.5 Å². The Kier molecular flexibility index (Phi) is 1.36. The van der Waals surface area contributed by atoms with Gasteiger partial charge in [-0.2, -0.15) is 0 Å². The van der Waals surface area contributed by atoms with E-state index in [-0.39, 0.29) is 0 Å². The van der Waals surface area contributed by atoms with Crippen molar-refractivity contribution in [2.45, 2.75) is 6.92 Å². The smallest absolute Gasteiger partial charge is 0.119 e. The molecule has 56 valence electrons. The fourth-order valence-corrected chi connectivity index (χ4v) is 1.97. The maximum Gasteiger partial charge on any atom is 0.119 e. The first kappa shape index (κ1) is 6.68. The Hall–Kier alpha value is -1.02. The number of phenols is 1. The van der Waals surface area contributed by atoms with Crippen molar-refractivity contribution in [2.75, 3.05) is 0 Å². The van der Waals surface area contributed by atoms with Crippen LogP contribution in [0.1, 0.15) is 5.56 Å². The molecule has 1 heterocycles. The third kappa shape index (κ3) is 0.994. The summed E-state index contributed by atoms with van der Waals surface area (Å²) in [5, 5.41) is 12.5. The second kappa shape index (κ2) is 2.24. The molecule has 0 saturated carbocycles. The zero-order valence-corrected chi connectivity index (χ0v) is 6.98. The van der Waals surface area contributed by atoms with E-state index in [9.17, 15) is 5.11 Å². The minimum absolute atomic E-state index is 0.385. The van der Waals surface area contributed by atoms with E-state index in [0.717, 1.165) is 10.9 Å². The molecule has 0 aliphatic carbocycles. The molecule has 0 radical (unpaired) electrons. The molecular weight excluding hydrogens is 156 g/mol. The van der Waals surface area contributed by atoms with E-state index in [2.05, 4.69) is 0 Å². The molecule has 2 heteroatoms. The first-order chi connectivity index (χ1) is 5.27. The van der Waals surface area contributed by atoms with Crippen LogP contribution in [-0.4, -0.2) is 5.11 Å². The van der Waals surface area contributed by atoms with E-state index < -0.39 is 0 Å². The number of aryl methyl sites for hydroxylation is 1. The van der Waals surface area contributed by atoms with E-state index in [1.807, 2.05) is 24.4 Å². The van der Waals surface area contributed by atoms with E-state index in [1.165, 1.54) is 4.70 Å². The molecule has 2 rings (SSSR count). The second-order valence-electron chi connectivity index (χ2n) is 2.60. The Morgan fingerprint density at radius 2 is 2.18 bits per heavy atom. The van der Waals surface area contributed by atoms with Gasteiger partial charge in [0.2, 0.25) is 0 Å². The summed E-state index contributed by atoms with van der Waals surface area (Å²) in [6.07, 6.45) is 0. The molecule has 1 aromatic heterocycles. The monoisotopic (exact) mass is 164 g/mol. The first-order valence-corrected chi connectivity index (χ1v) is 4.32. The molecule has 1 nitrogen and oxygen atoms in total. The number of benzene rings is 1. The number of aromatic hydroxyl groups is 1. The number of phenolic OH excluding ortho intramolecular Hbond substituents is 1. The van der Waals surface area contributed by atoms with Gasteiger partial charge >= 0.3 is 0 Å². The lowest BCUT2D eigenvalue weighted by Gasteiger charge is -1.96. The summed E-state index contributed by atoms with van der Waals surface area (Å²) < 4.78 is 1.24. The Morgan fingerprint density at radius 1 is 1.36 bits per heavy atom. The highest BCUT2D eigenvalue weighted by Crippen LogP contribution is 2.27. The fraction of sp³-hybridized carbons (Fsp3) is 0.111. The lowest BCUT2D eigenvalue weighted by molar-refractivity contribution is 0.472. The van der Waals surface area contributed by atoms with Gasteiger partial charge in [0.1, 0.15) is 5.75 Å². The summed E-state index contributed by atoms with van der Waals surface area (Å²) in [7, 11) is 0. The van der Waals surface area contributed by atoms with Crippen molar-refractivity contribution in [3.05, 3.63) is 29.1 Å². The van der Waals surface area contributed by atoms with Crippen LogP contribution in [0.25, 0.3) is 10.1 Å². The van der Waals surface area contributed by atoms with Gasteiger partial charge in [0.15, 0.2) is 0 Å². The topological polar surface area (TPSA) is 20.2 Å². The zero-order valence-electron chi connectivity index (χ0n) is 6.16. The van der Waals surface area contributed by atoms with E-state index in [0.29, 0.717) is 5.75 Å². The number of thiophene rings is 1. The molecular formula is C9H8OS. The molecule has 0 spiro atoms. The van der Waals surface area contributed by atoms with Gasteiger partial charge in [-0.15, -0.1) is 11.3 Å². The van der Waals surface area contributed by atoms with Crippen molar-refractivity contribution in [2.24, 2.45) is 0 Å². The predicted octanol–water partition coefficient (Wildman–Crippen LogP) is 2.92. The number of hydrogen-bond donors (Lipinski definition) is 1. The van der Waals surface area contributed by atoms with Crippen LogP contribution in [0.3, 0.4) is 0 Å². The van der Waals surface area contributed by atoms with Crippen LogP contribution in [0.5, 0.6) is 5.75 Å². The van der Waals surface area contributed by atoms with Crippen LogP contribution in [0, 0.1) is 6.92 Å². The van der Waals surface area contributed by atoms with E-state index in [1.54, 1.807) is 17.4 Å². The molecule has 0 aliphatic heterocycles. The average Bonchev–Trinajstić information content (AvgIpc) is 2.36. The van der Waals surface area contributed by atoms with Crippen molar-refractivity contribution in [1.29, 1.82) is 0 Å². The van der Waals surface area contributed by atoms with Crippen LogP contribution in [0.2, 0.25) is 0 Å². The Labute approximate surface area is 68.9 Å². The minimum Gasteiger partial charge on any atom is -0.508 e. The van der Waals surface area contributed by atoms with Crippen LogP contribution in [0.15, 0.2) is 23.6 Å². The molecule has 2 aromatic rings.